The third-order valence-corrected chi connectivity index (χ3v) is 6.53. The van der Waals surface area contributed by atoms with Crippen LogP contribution in [0.4, 0.5) is 5.13 Å². The van der Waals surface area contributed by atoms with E-state index >= 15 is 0 Å². The van der Waals surface area contributed by atoms with Crippen LogP contribution < -0.4 is 20.1 Å². The SMILES string of the molecule is CCCC(Oc1ccc(/C(N)=N/O)cc1)Oc1ccc(-c2nc(N(C)CCO)sc2CC)cc1. The second-order valence-electron chi connectivity index (χ2n) is 7.75. The van der Waals surface area contributed by atoms with Gasteiger partial charge in [0.2, 0.25) is 6.29 Å². The highest BCUT2D eigenvalue weighted by Crippen LogP contribution is 2.34. The summed E-state index contributed by atoms with van der Waals surface area (Å²) in [5.41, 5.74) is 8.21. The number of hydrogen-bond donors (Lipinski definition) is 3. The van der Waals surface area contributed by atoms with Crippen molar-refractivity contribution in [3.05, 3.63) is 59.0 Å². The van der Waals surface area contributed by atoms with Crippen LogP contribution in [0, 0.1) is 0 Å². The van der Waals surface area contributed by atoms with Gasteiger partial charge in [0.1, 0.15) is 11.5 Å². The molecule has 1 unspecified atom stereocenters. The molecule has 0 spiro atoms. The highest BCUT2D eigenvalue weighted by Gasteiger charge is 2.16. The number of aliphatic hydroxyl groups is 1. The van der Waals surface area contributed by atoms with Crippen molar-refractivity contribution in [3.63, 3.8) is 0 Å². The molecule has 1 heterocycles. The van der Waals surface area contributed by atoms with Gasteiger partial charge < -0.3 is 30.4 Å². The molecule has 0 saturated carbocycles. The van der Waals surface area contributed by atoms with Crippen LogP contribution >= 0.6 is 11.3 Å². The summed E-state index contributed by atoms with van der Waals surface area (Å²) in [5.74, 6) is 1.40. The zero-order valence-electron chi connectivity index (χ0n) is 19.8. The van der Waals surface area contributed by atoms with Crippen LogP contribution in [0.5, 0.6) is 11.5 Å². The van der Waals surface area contributed by atoms with Crippen molar-refractivity contribution < 1.29 is 19.8 Å². The third kappa shape index (κ3) is 6.39. The summed E-state index contributed by atoms with van der Waals surface area (Å²) in [4.78, 5) is 7.98. The first-order chi connectivity index (χ1) is 16.5. The Labute approximate surface area is 204 Å². The van der Waals surface area contributed by atoms with Crippen LogP contribution in [0.15, 0.2) is 53.7 Å². The third-order valence-electron chi connectivity index (χ3n) is 5.21. The number of hydrogen-bond acceptors (Lipinski definition) is 8. The van der Waals surface area contributed by atoms with Crippen molar-refractivity contribution in [2.45, 2.75) is 39.4 Å². The molecule has 9 heteroatoms. The zero-order valence-corrected chi connectivity index (χ0v) is 20.6. The van der Waals surface area contributed by atoms with Crippen LogP contribution in [0.25, 0.3) is 11.3 Å². The Morgan fingerprint density at radius 2 is 1.71 bits per heavy atom. The first-order valence-electron chi connectivity index (χ1n) is 11.3. The molecular formula is C25H32N4O4S. The molecule has 3 aromatic rings. The Balaban J connectivity index is 1.72. The molecule has 1 atom stereocenters. The topological polar surface area (TPSA) is 113 Å². The number of ether oxygens (including phenoxy) is 2. The van der Waals surface area contributed by atoms with Crippen molar-refractivity contribution in [3.8, 4) is 22.8 Å². The molecule has 0 aliphatic rings. The van der Waals surface area contributed by atoms with Crippen LogP contribution in [0.1, 0.15) is 37.1 Å². The average molecular weight is 485 g/mol. The summed E-state index contributed by atoms with van der Waals surface area (Å²) < 4.78 is 12.1. The molecule has 0 bridgehead atoms. The van der Waals surface area contributed by atoms with Gasteiger partial charge in [0.05, 0.1) is 12.3 Å². The van der Waals surface area contributed by atoms with E-state index < -0.39 is 6.29 Å². The number of aliphatic hydroxyl groups excluding tert-OH is 1. The number of likely N-dealkylation sites (N-methyl/N-ethyl adjacent to an activating group) is 1. The van der Waals surface area contributed by atoms with Crippen molar-refractivity contribution in [1.29, 1.82) is 0 Å². The van der Waals surface area contributed by atoms with E-state index in [0.717, 1.165) is 35.7 Å². The summed E-state index contributed by atoms with van der Waals surface area (Å²) in [6.45, 7) is 4.83. The second kappa shape index (κ2) is 12.2. The summed E-state index contributed by atoms with van der Waals surface area (Å²) in [6, 6.07) is 14.9. The molecular weight excluding hydrogens is 452 g/mol. The number of oxime groups is 1. The van der Waals surface area contributed by atoms with Gasteiger partial charge in [-0.15, -0.1) is 11.3 Å². The van der Waals surface area contributed by atoms with Crippen molar-refractivity contribution >= 4 is 22.3 Å². The number of anilines is 1. The number of aromatic nitrogens is 1. The Morgan fingerprint density at radius 1 is 1.09 bits per heavy atom. The van der Waals surface area contributed by atoms with Crippen LogP contribution in [0.3, 0.4) is 0 Å². The van der Waals surface area contributed by atoms with Crippen molar-refractivity contribution in [2.24, 2.45) is 10.9 Å². The van der Waals surface area contributed by atoms with E-state index in [1.54, 1.807) is 35.6 Å². The number of nitrogens with zero attached hydrogens (tertiary/aromatic N) is 3. The van der Waals surface area contributed by atoms with Gasteiger partial charge >= 0.3 is 0 Å². The fourth-order valence-corrected chi connectivity index (χ4v) is 4.36. The molecule has 0 aliphatic heterocycles. The molecule has 8 nitrogen and oxygen atoms in total. The lowest BCUT2D eigenvalue weighted by molar-refractivity contribution is -0.00103. The van der Waals surface area contributed by atoms with E-state index in [2.05, 4.69) is 19.0 Å². The zero-order chi connectivity index (χ0) is 24.5. The Hall–Kier alpha value is -3.30. The van der Waals surface area contributed by atoms with E-state index in [4.69, 9.17) is 25.4 Å². The average Bonchev–Trinajstić information content (AvgIpc) is 3.29. The molecule has 0 amide bonds. The Kier molecular flexibility index (Phi) is 9.12. The van der Waals surface area contributed by atoms with Crippen molar-refractivity contribution in [2.75, 3.05) is 25.1 Å². The maximum Gasteiger partial charge on any atom is 0.241 e. The molecule has 34 heavy (non-hydrogen) atoms. The maximum atomic E-state index is 9.22. The van der Waals surface area contributed by atoms with Gasteiger partial charge in [-0.2, -0.15) is 0 Å². The van der Waals surface area contributed by atoms with Crippen LogP contribution in [-0.2, 0) is 6.42 Å². The predicted molar refractivity (Wildman–Crippen MR) is 136 cm³/mol. The van der Waals surface area contributed by atoms with Gasteiger partial charge in [-0.05, 0) is 61.4 Å². The summed E-state index contributed by atoms with van der Waals surface area (Å²) in [7, 11) is 1.94. The summed E-state index contributed by atoms with van der Waals surface area (Å²) in [6.07, 6.45) is 2.05. The second-order valence-corrected chi connectivity index (χ2v) is 8.82. The summed E-state index contributed by atoms with van der Waals surface area (Å²) in [5, 5.41) is 21.9. The highest BCUT2D eigenvalue weighted by molar-refractivity contribution is 7.16. The summed E-state index contributed by atoms with van der Waals surface area (Å²) >= 11 is 1.65. The molecule has 0 saturated heterocycles. The van der Waals surface area contributed by atoms with E-state index in [0.29, 0.717) is 23.6 Å². The Morgan fingerprint density at radius 3 is 2.24 bits per heavy atom. The minimum atomic E-state index is -0.449. The van der Waals surface area contributed by atoms with Gasteiger partial charge in [0.15, 0.2) is 11.0 Å². The first-order valence-corrected chi connectivity index (χ1v) is 12.1. The predicted octanol–water partition coefficient (Wildman–Crippen LogP) is 4.48. The molecule has 3 rings (SSSR count). The molecule has 182 valence electrons. The molecule has 0 aliphatic carbocycles. The monoisotopic (exact) mass is 484 g/mol. The quantitative estimate of drug-likeness (QED) is 0.114. The minimum absolute atomic E-state index is 0.0477. The van der Waals surface area contributed by atoms with Gasteiger partial charge in [-0.1, -0.05) is 19.0 Å². The maximum absolute atomic E-state index is 9.22. The van der Waals surface area contributed by atoms with Gasteiger partial charge in [0, 0.05) is 36.0 Å². The lowest BCUT2D eigenvalue weighted by Gasteiger charge is -2.20. The van der Waals surface area contributed by atoms with Crippen LogP contribution in [0.2, 0.25) is 0 Å². The lowest BCUT2D eigenvalue weighted by atomic mass is 10.1. The molecule has 4 N–H and O–H groups in total. The van der Waals surface area contributed by atoms with E-state index in [1.807, 2.05) is 36.2 Å². The van der Waals surface area contributed by atoms with Gasteiger partial charge in [-0.3, -0.25) is 0 Å². The molecule has 0 fully saturated rings. The first kappa shape index (κ1) is 25.3. The molecule has 1 aromatic heterocycles. The smallest absolute Gasteiger partial charge is 0.241 e. The molecule has 2 aromatic carbocycles. The number of thiazole rings is 1. The van der Waals surface area contributed by atoms with Gasteiger partial charge in [-0.25, -0.2) is 4.98 Å². The number of rotatable bonds is 12. The number of benzene rings is 2. The number of amidine groups is 1. The van der Waals surface area contributed by atoms with E-state index in [9.17, 15) is 5.11 Å². The number of aryl methyl sites for hydroxylation is 1. The number of nitrogens with two attached hydrogens (primary N) is 1. The minimum Gasteiger partial charge on any atom is -0.455 e. The van der Waals surface area contributed by atoms with Crippen molar-refractivity contribution in [1.82, 2.24) is 4.98 Å². The van der Waals surface area contributed by atoms with E-state index in [-0.39, 0.29) is 12.4 Å². The Bertz CT molecular complexity index is 1070. The standard InChI is InChI=1S/C25H32N4O4S/c1-4-6-22(33-20-13-9-18(10-14-20)24(26)28-31)32-19-11-7-17(8-12-19)23-21(5-2)34-25(27-23)29(3)15-16-30/h7-14,22,30-31H,4-6,15-16H2,1-3H3,(H2,26,28). The largest absolute Gasteiger partial charge is 0.455 e. The highest BCUT2D eigenvalue weighted by atomic mass is 32.1. The molecule has 0 radical (unpaired) electrons. The van der Waals surface area contributed by atoms with E-state index in [1.165, 1.54) is 4.88 Å². The normalized spacial score (nSPS) is 12.4. The fourth-order valence-electron chi connectivity index (χ4n) is 3.35. The lowest BCUT2D eigenvalue weighted by Crippen LogP contribution is -2.23. The fraction of sp³-hybridized carbons (Fsp3) is 0.360. The van der Waals surface area contributed by atoms with Gasteiger partial charge in [0.25, 0.3) is 0 Å². The van der Waals surface area contributed by atoms with Crippen LogP contribution in [-0.4, -0.2) is 47.6 Å².